The molecule has 20 heavy (non-hydrogen) atoms. The van der Waals surface area contributed by atoms with Crippen LogP contribution >= 0.6 is 23.2 Å². The number of nitrogens with zero attached hydrogens (tertiary/aromatic N) is 1. The second kappa shape index (κ2) is 5.87. The van der Waals surface area contributed by atoms with Crippen molar-refractivity contribution in [3.8, 4) is 17.6 Å². The molecule has 2 rings (SSSR count). The number of rotatable bonds is 2. The van der Waals surface area contributed by atoms with Crippen LogP contribution in [0.25, 0.3) is 11.6 Å². The SMILES string of the molecule is N#C/C(=C\c1cc(O)cc(O)c1)c1ccc(Cl)c(Cl)c1. The van der Waals surface area contributed by atoms with Crippen LogP contribution < -0.4 is 0 Å². The van der Waals surface area contributed by atoms with E-state index in [2.05, 4.69) is 0 Å². The van der Waals surface area contributed by atoms with Gasteiger partial charge in [0.15, 0.2) is 0 Å². The molecule has 0 saturated carbocycles. The standard InChI is InChI=1S/C15H9Cl2NO2/c16-14-2-1-10(6-15(14)17)11(8-18)3-9-4-12(19)7-13(20)5-9/h1-7,19-20H/b11-3+. The number of hydrogen-bond donors (Lipinski definition) is 2. The third-order valence-electron chi connectivity index (χ3n) is 2.59. The van der Waals surface area contributed by atoms with E-state index in [-0.39, 0.29) is 11.5 Å². The lowest BCUT2D eigenvalue weighted by Gasteiger charge is -2.03. The van der Waals surface area contributed by atoms with Crippen molar-refractivity contribution in [2.75, 3.05) is 0 Å². The fraction of sp³-hybridized carbons (Fsp3) is 0. The van der Waals surface area contributed by atoms with Gasteiger partial charge in [0.1, 0.15) is 11.5 Å². The first-order valence-corrected chi connectivity index (χ1v) is 6.35. The quantitative estimate of drug-likeness (QED) is 0.635. The molecule has 0 aliphatic heterocycles. The predicted octanol–water partition coefficient (Wildman–Crippen LogP) is 4.47. The van der Waals surface area contributed by atoms with Crippen LogP contribution in [-0.4, -0.2) is 10.2 Å². The van der Waals surface area contributed by atoms with E-state index in [1.54, 1.807) is 24.3 Å². The van der Waals surface area contributed by atoms with Crippen LogP contribution in [0.2, 0.25) is 10.0 Å². The summed E-state index contributed by atoms with van der Waals surface area (Å²) in [6.45, 7) is 0. The number of allylic oxidation sites excluding steroid dienone is 1. The normalized spacial score (nSPS) is 11.2. The number of halogens is 2. The first kappa shape index (κ1) is 14.3. The van der Waals surface area contributed by atoms with Crippen molar-refractivity contribution >= 4 is 34.9 Å². The Labute approximate surface area is 125 Å². The van der Waals surface area contributed by atoms with Gasteiger partial charge in [-0.15, -0.1) is 0 Å². The van der Waals surface area contributed by atoms with Crippen LogP contribution in [0.15, 0.2) is 36.4 Å². The van der Waals surface area contributed by atoms with Crippen LogP contribution in [0.3, 0.4) is 0 Å². The first-order valence-electron chi connectivity index (χ1n) is 5.60. The average molecular weight is 306 g/mol. The second-order valence-electron chi connectivity index (χ2n) is 4.08. The van der Waals surface area contributed by atoms with Crippen molar-refractivity contribution < 1.29 is 10.2 Å². The maximum Gasteiger partial charge on any atom is 0.119 e. The lowest BCUT2D eigenvalue weighted by atomic mass is 10.0. The van der Waals surface area contributed by atoms with Crippen molar-refractivity contribution in [1.82, 2.24) is 0 Å². The van der Waals surface area contributed by atoms with E-state index < -0.39 is 0 Å². The zero-order valence-corrected chi connectivity index (χ0v) is 11.7. The molecule has 0 amide bonds. The fourth-order valence-corrected chi connectivity index (χ4v) is 2.01. The van der Waals surface area contributed by atoms with Gasteiger partial charge in [0.05, 0.1) is 21.7 Å². The van der Waals surface area contributed by atoms with Crippen molar-refractivity contribution in [3.63, 3.8) is 0 Å². The van der Waals surface area contributed by atoms with Gasteiger partial charge in [-0.05, 0) is 41.5 Å². The Morgan fingerprint density at radius 2 is 1.65 bits per heavy atom. The monoisotopic (exact) mass is 305 g/mol. The van der Waals surface area contributed by atoms with Gasteiger partial charge in [0, 0.05) is 6.07 Å². The van der Waals surface area contributed by atoms with Gasteiger partial charge >= 0.3 is 0 Å². The van der Waals surface area contributed by atoms with Crippen LogP contribution in [0.5, 0.6) is 11.5 Å². The Kier molecular flexibility index (Phi) is 4.19. The number of phenolic OH excluding ortho intramolecular Hbond substituents is 2. The summed E-state index contributed by atoms with van der Waals surface area (Å²) in [5.74, 6) is -0.162. The van der Waals surface area contributed by atoms with Gasteiger partial charge in [-0.1, -0.05) is 29.3 Å². The minimum atomic E-state index is -0.0809. The molecule has 2 aromatic carbocycles. The van der Waals surface area contributed by atoms with Crippen LogP contribution in [0.4, 0.5) is 0 Å². The third kappa shape index (κ3) is 3.24. The largest absolute Gasteiger partial charge is 0.508 e. The molecule has 0 saturated heterocycles. The summed E-state index contributed by atoms with van der Waals surface area (Å²) in [4.78, 5) is 0. The number of hydrogen-bond acceptors (Lipinski definition) is 3. The lowest BCUT2D eigenvalue weighted by Crippen LogP contribution is -1.83. The Balaban J connectivity index is 2.48. The smallest absolute Gasteiger partial charge is 0.119 e. The molecule has 3 nitrogen and oxygen atoms in total. The molecule has 0 aliphatic rings. The van der Waals surface area contributed by atoms with Crippen molar-refractivity contribution in [3.05, 3.63) is 57.6 Å². The summed E-state index contributed by atoms with van der Waals surface area (Å²) >= 11 is 11.7. The van der Waals surface area contributed by atoms with Gasteiger partial charge < -0.3 is 10.2 Å². The maximum atomic E-state index is 9.42. The van der Waals surface area contributed by atoms with Crippen LogP contribution in [-0.2, 0) is 0 Å². The number of aromatic hydroxyl groups is 2. The molecular weight excluding hydrogens is 297 g/mol. The van der Waals surface area contributed by atoms with E-state index in [0.29, 0.717) is 26.7 Å². The van der Waals surface area contributed by atoms with E-state index in [4.69, 9.17) is 23.2 Å². The first-order chi connectivity index (χ1) is 9.49. The summed E-state index contributed by atoms with van der Waals surface area (Å²) in [6, 6.07) is 11.0. The molecule has 5 heteroatoms. The van der Waals surface area contributed by atoms with E-state index in [1.165, 1.54) is 18.2 Å². The molecule has 100 valence electrons. The topological polar surface area (TPSA) is 64.2 Å². The van der Waals surface area contributed by atoms with Crippen molar-refractivity contribution in [1.29, 1.82) is 5.26 Å². The molecule has 2 aromatic rings. The number of phenols is 2. The van der Waals surface area contributed by atoms with E-state index in [1.807, 2.05) is 6.07 Å². The van der Waals surface area contributed by atoms with Crippen LogP contribution in [0, 0.1) is 11.3 Å². The Morgan fingerprint density at radius 1 is 1.00 bits per heavy atom. The highest BCUT2D eigenvalue weighted by Crippen LogP contribution is 2.28. The third-order valence-corrected chi connectivity index (χ3v) is 3.33. The van der Waals surface area contributed by atoms with Gasteiger partial charge in [0.25, 0.3) is 0 Å². The average Bonchev–Trinajstić information content (AvgIpc) is 2.38. The van der Waals surface area contributed by atoms with Crippen molar-refractivity contribution in [2.24, 2.45) is 0 Å². The highest BCUT2D eigenvalue weighted by Gasteiger charge is 2.06. The molecular formula is C15H9Cl2NO2. The van der Waals surface area contributed by atoms with E-state index in [9.17, 15) is 15.5 Å². The van der Waals surface area contributed by atoms with E-state index in [0.717, 1.165) is 0 Å². The zero-order valence-electron chi connectivity index (χ0n) is 10.1. The molecule has 0 heterocycles. The second-order valence-corrected chi connectivity index (χ2v) is 4.90. The fourth-order valence-electron chi connectivity index (χ4n) is 1.71. The molecule has 0 atom stereocenters. The summed E-state index contributed by atoms with van der Waals surface area (Å²) in [6.07, 6.45) is 1.54. The number of nitriles is 1. The minimum Gasteiger partial charge on any atom is -0.508 e. The van der Waals surface area contributed by atoms with Gasteiger partial charge in [0.2, 0.25) is 0 Å². The lowest BCUT2D eigenvalue weighted by molar-refractivity contribution is 0.450. The summed E-state index contributed by atoms with van der Waals surface area (Å²) < 4.78 is 0. The highest BCUT2D eigenvalue weighted by molar-refractivity contribution is 6.42. The van der Waals surface area contributed by atoms with Crippen molar-refractivity contribution in [2.45, 2.75) is 0 Å². The molecule has 0 spiro atoms. The zero-order chi connectivity index (χ0) is 14.7. The molecule has 2 N–H and O–H groups in total. The van der Waals surface area contributed by atoms with Gasteiger partial charge in [-0.2, -0.15) is 5.26 Å². The van der Waals surface area contributed by atoms with Gasteiger partial charge in [-0.3, -0.25) is 0 Å². The summed E-state index contributed by atoms with van der Waals surface area (Å²) in [5.41, 5.74) is 1.45. The molecule has 0 radical (unpaired) electrons. The highest BCUT2D eigenvalue weighted by atomic mass is 35.5. The minimum absolute atomic E-state index is 0.0809. The van der Waals surface area contributed by atoms with E-state index >= 15 is 0 Å². The Morgan fingerprint density at radius 3 is 2.20 bits per heavy atom. The summed E-state index contributed by atoms with van der Waals surface area (Å²) in [5, 5.41) is 28.8. The van der Waals surface area contributed by atoms with Crippen LogP contribution in [0.1, 0.15) is 11.1 Å². The summed E-state index contributed by atoms with van der Waals surface area (Å²) in [7, 11) is 0. The predicted molar refractivity (Wildman–Crippen MR) is 79.7 cm³/mol. The molecule has 0 aromatic heterocycles. The molecule has 0 fully saturated rings. The Bertz CT molecular complexity index is 713. The number of benzene rings is 2. The Hall–Kier alpha value is -2.15. The van der Waals surface area contributed by atoms with Gasteiger partial charge in [-0.25, -0.2) is 0 Å². The maximum absolute atomic E-state index is 9.42. The molecule has 0 bridgehead atoms. The molecule has 0 unspecified atom stereocenters. The molecule has 0 aliphatic carbocycles.